The van der Waals surface area contributed by atoms with Gasteiger partial charge in [0, 0.05) is 13.2 Å². The second kappa shape index (κ2) is 5.26. The predicted octanol–water partition coefficient (Wildman–Crippen LogP) is 1.49. The summed E-state index contributed by atoms with van der Waals surface area (Å²) >= 11 is 0. The summed E-state index contributed by atoms with van der Waals surface area (Å²) in [4.78, 5) is 0. The molecule has 0 aromatic heterocycles. The fourth-order valence-corrected chi connectivity index (χ4v) is 1.79. The Kier molecular flexibility index (Phi) is 3.72. The molecule has 1 aliphatic heterocycles. The third-order valence-electron chi connectivity index (χ3n) is 2.63. The van der Waals surface area contributed by atoms with Crippen LogP contribution in [0.5, 0.6) is 0 Å². The maximum absolute atomic E-state index is 5.90. The van der Waals surface area contributed by atoms with E-state index in [1.165, 1.54) is 0 Å². The van der Waals surface area contributed by atoms with Crippen molar-refractivity contribution in [3.8, 4) is 0 Å². The lowest BCUT2D eigenvalue weighted by Crippen LogP contribution is -2.22. The van der Waals surface area contributed by atoms with Crippen LogP contribution in [0.2, 0.25) is 0 Å². The van der Waals surface area contributed by atoms with Gasteiger partial charge in [0.25, 0.3) is 0 Å². The highest BCUT2D eigenvalue weighted by Gasteiger charge is 2.21. The molecule has 82 valence electrons. The molecule has 0 radical (unpaired) electrons. The molecule has 1 aromatic carbocycles. The molecular weight excluding hydrogens is 190 g/mol. The van der Waals surface area contributed by atoms with Crippen LogP contribution < -0.4 is 5.73 Å². The van der Waals surface area contributed by atoms with Gasteiger partial charge in [0.2, 0.25) is 0 Å². The zero-order valence-electron chi connectivity index (χ0n) is 8.76. The maximum Gasteiger partial charge on any atom is 0.0952 e. The summed E-state index contributed by atoms with van der Waals surface area (Å²) in [6, 6.07) is 10.1. The van der Waals surface area contributed by atoms with Crippen molar-refractivity contribution in [3.63, 3.8) is 0 Å². The summed E-state index contributed by atoms with van der Waals surface area (Å²) in [5.41, 5.74) is 6.86. The molecule has 0 amide bonds. The highest BCUT2D eigenvalue weighted by Crippen LogP contribution is 2.21. The Morgan fingerprint density at radius 1 is 1.40 bits per heavy atom. The van der Waals surface area contributed by atoms with E-state index in [-0.39, 0.29) is 12.2 Å². The quantitative estimate of drug-likeness (QED) is 0.813. The van der Waals surface area contributed by atoms with Gasteiger partial charge >= 0.3 is 0 Å². The Hall–Kier alpha value is -0.900. The summed E-state index contributed by atoms with van der Waals surface area (Å²) in [6.07, 6.45) is 1.18. The fraction of sp³-hybridized carbons (Fsp3) is 0.500. The van der Waals surface area contributed by atoms with E-state index in [1.54, 1.807) is 0 Å². The first kappa shape index (κ1) is 10.6. The molecule has 1 aliphatic rings. The van der Waals surface area contributed by atoms with Gasteiger partial charge in [-0.3, -0.25) is 0 Å². The summed E-state index contributed by atoms with van der Waals surface area (Å²) in [5, 5.41) is 0. The lowest BCUT2D eigenvalue weighted by molar-refractivity contribution is -0.0125. The summed E-state index contributed by atoms with van der Waals surface area (Å²) in [5.74, 6) is 0. The smallest absolute Gasteiger partial charge is 0.0952 e. The van der Waals surface area contributed by atoms with E-state index in [0.29, 0.717) is 13.2 Å². The van der Waals surface area contributed by atoms with Crippen molar-refractivity contribution >= 4 is 0 Å². The molecule has 1 heterocycles. The van der Waals surface area contributed by atoms with Gasteiger partial charge in [-0.2, -0.15) is 0 Å². The Bertz CT molecular complexity index is 283. The molecule has 0 aliphatic carbocycles. The van der Waals surface area contributed by atoms with Gasteiger partial charge < -0.3 is 15.2 Å². The van der Waals surface area contributed by atoms with Crippen LogP contribution in [0.25, 0.3) is 0 Å². The monoisotopic (exact) mass is 207 g/mol. The van der Waals surface area contributed by atoms with Gasteiger partial charge in [-0.25, -0.2) is 0 Å². The summed E-state index contributed by atoms with van der Waals surface area (Å²) in [6.45, 7) is 2.01. The van der Waals surface area contributed by atoms with Crippen LogP contribution in [0.4, 0.5) is 0 Å². The maximum atomic E-state index is 5.90. The van der Waals surface area contributed by atoms with Crippen LogP contribution in [-0.4, -0.2) is 25.9 Å². The standard InChI is InChI=1S/C12H17NO2/c13-8-12(10-4-2-1-3-5-10)15-11-6-7-14-9-11/h1-5,11-12H,6-9,13H2. The van der Waals surface area contributed by atoms with Crippen LogP contribution in [0, 0.1) is 0 Å². The van der Waals surface area contributed by atoms with Crippen LogP contribution >= 0.6 is 0 Å². The van der Waals surface area contributed by atoms with E-state index < -0.39 is 0 Å². The zero-order valence-corrected chi connectivity index (χ0v) is 8.76. The third kappa shape index (κ3) is 2.78. The van der Waals surface area contributed by atoms with Crippen molar-refractivity contribution in [1.29, 1.82) is 0 Å². The van der Waals surface area contributed by atoms with Crippen molar-refractivity contribution in [3.05, 3.63) is 35.9 Å². The first-order chi connectivity index (χ1) is 7.40. The molecule has 0 spiro atoms. The van der Waals surface area contributed by atoms with Gasteiger partial charge in [0.05, 0.1) is 18.8 Å². The number of benzene rings is 1. The number of ether oxygens (including phenoxy) is 2. The third-order valence-corrected chi connectivity index (χ3v) is 2.63. The predicted molar refractivity (Wildman–Crippen MR) is 58.5 cm³/mol. The number of hydrogen-bond acceptors (Lipinski definition) is 3. The zero-order chi connectivity index (χ0) is 10.5. The molecule has 2 unspecified atom stereocenters. The minimum absolute atomic E-state index is 0.00194. The van der Waals surface area contributed by atoms with Gasteiger partial charge in [0.15, 0.2) is 0 Å². The number of rotatable bonds is 4. The van der Waals surface area contributed by atoms with Gasteiger partial charge in [-0.15, -0.1) is 0 Å². The molecule has 1 aromatic rings. The molecular formula is C12H17NO2. The topological polar surface area (TPSA) is 44.5 Å². The normalized spacial score (nSPS) is 22.9. The minimum atomic E-state index is -0.00194. The molecule has 0 saturated carbocycles. The van der Waals surface area contributed by atoms with Crippen molar-refractivity contribution in [1.82, 2.24) is 0 Å². The lowest BCUT2D eigenvalue weighted by Gasteiger charge is -2.20. The van der Waals surface area contributed by atoms with Crippen LogP contribution in [0.1, 0.15) is 18.1 Å². The second-order valence-corrected chi connectivity index (χ2v) is 3.76. The second-order valence-electron chi connectivity index (χ2n) is 3.76. The lowest BCUT2D eigenvalue weighted by atomic mass is 10.1. The first-order valence-electron chi connectivity index (χ1n) is 5.38. The van der Waals surface area contributed by atoms with Crippen molar-refractivity contribution < 1.29 is 9.47 Å². The Morgan fingerprint density at radius 3 is 2.80 bits per heavy atom. The van der Waals surface area contributed by atoms with Crippen LogP contribution in [0.3, 0.4) is 0 Å². The summed E-state index contributed by atoms with van der Waals surface area (Å²) < 4.78 is 11.2. The highest BCUT2D eigenvalue weighted by atomic mass is 16.5. The summed E-state index contributed by atoms with van der Waals surface area (Å²) in [7, 11) is 0. The van der Waals surface area contributed by atoms with Crippen molar-refractivity contribution in [2.45, 2.75) is 18.6 Å². The Morgan fingerprint density at radius 2 is 2.20 bits per heavy atom. The number of nitrogens with two attached hydrogens (primary N) is 1. The van der Waals surface area contributed by atoms with Crippen molar-refractivity contribution in [2.75, 3.05) is 19.8 Å². The minimum Gasteiger partial charge on any atom is -0.379 e. The molecule has 2 rings (SSSR count). The van der Waals surface area contributed by atoms with E-state index >= 15 is 0 Å². The van der Waals surface area contributed by atoms with Gasteiger partial charge in [0.1, 0.15) is 0 Å². The molecule has 15 heavy (non-hydrogen) atoms. The molecule has 3 nitrogen and oxygen atoms in total. The largest absolute Gasteiger partial charge is 0.379 e. The SMILES string of the molecule is NCC(OC1CCOC1)c1ccccc1. The van der Waals surface area contributed by atoms with E-state index in [0.717, 1.165) is 18.6 Å². The Balaban J connectivity index is 1.97. The fourth-order valence-electron chi connectivity index (χ4n) is 1.79. The van der Waals surface area contributed by atoms with Crippen molar-refractivity contribution in [2.24, 2.45) is 5.73 Å². The van der Waals surface area contributed by atoms with Crippen LogP contribution in [-0.2, 0) is 9.47 Å². The molecule has 0 bridgehead atoms. The van der Waals surface area contributed by atoms with E-state index in [1.807, 2.05) is 30.3 Å². The molecule has 1 fully saturated rings. The van der Waals surface area contributed by atoms with E-state index in [4.69, 9.17) is 15.2 Å². The molecule has 2 N–H and O–H groups in total. The Labute approximate surface area is 90.2 Å². The van der Waals surface area contributed by atoms with E-state index in [2.05, 4.69) is 0 Å². The molecule has 1 saturated heterocycles. The average Bonchev–Trinajstić information content (AvgIpc) is 2.80. The average molecular weight is 207 g/mol. The highest BCUT2D eigenvalue weighted by molar-refractivity contribution is 5.17. The van der Waals surface area contributed by atoms with Gasteiger partial charge in [-0.05, 0) is 12.0 Å². The van der Waals surface area contributed by atoms with Gasteiger partial charge in [-0.1, -0.05) is 30.3 Å². The number of hydrogen-bond donors (Lipinski definition) is 1. The van der Waals surface area contributed by atoms with E-state index in [9.17, 15) is 0 Å². The van der Waals surface area contributed by atoms with Crippen LogP contribution in [0.15, 0.2) is 30.3 Å². The molecule has 3 heteroatoms. The molecule has 2 atom stereocenters. The first-order valence-corrected chi connectivity index (χ1v) is 5.38.